The number of nitrogens with zero attached hydrogens (tertiary/aromatic N) is 1. The van der Waals surface area contributed by atoms with Gasteiger partial charge in [0.25, 0.3) is 0 Å². The minimum Gasteiger partial charge on any atom is -0.368 e. The highest BCUT2D eigenvalue weighted by molar-refractivity contribution is 5.84. The van der Waals surface area contributed by atoms with Crippen LogP contribution in [0.15, 0.2) is 0 Å². The minimum absolute atomic E-state index is 0.0298. The molecule has 1 aliphatic rings. The van der Waals surface area contributed by atoms with Crippen molar-refractivity contribution >= 4 is 11.8 Å². The molecular formula is C15H29N3O2. The molecule has 0 aliphatic carbocycles. The highest BCUT2D eigenvalue weighted by Crippen LogP contribution is 2.29. The fraction of sp³-hybridized carbons (Fsp3) is 0.867. The average molecular weight is 283 g/mol. The fourth-order valence-electron chi connectivity index (χ4n) is 2.37. The molecule has 5 nitrogen and oxygen atoms in total. The van der Waals surface area contributed by atoms with Crippen molar-refractivity contribution in [3.63, 3.8) is 0 Å². The molecule has 116 valence electrons. The molecule has 0 saturated carbocycles. The largest absolute Gasteiger partial charge is 0.368 e. The molecule has 1 saturated heterocycles. The summed E-state index contributed by atoms with van der Waals surface area (Å²) in [5.74, 6) is -0.130. The molecule has 0 spiro atoms. The van der Waals surface area contributed by atoms with Crippen molar-refractivity contribution in [3.05, 3.63) is 0 Å². The lowest BCUT2D eigenvalue weighted by Gasteiger charge is -2.36. The van der Waals surface area contributed by atoms with Crippen LogP contribution in [0.2, 0.25) is 0 Å². The fourth-order valence-corrected chi connectivity index (χ4v) is 2.37. The van der Waals surface area contributed by atoms with Gasteiger partial charge >= 0.3 is 0 Å². The van der Waals surface area contributed by atoms with Crippen molar-refractivity contribution in [2.45, 2.75) is 53.0 Å². The van der Waals surface area contributed by atoms with Crippen molar-refractivity contribution in [2.75, 3.05) is 19.6 Å². The Labute approximate surface area is 122 Å². The number of hydrogen-bond acceptors (Lipinski definition) is 3. The molecule has 0 aromatic carbocycles. The van der Waals surface area contributed by atoms with E-state index in [0.717, 1.165) is 25.9 Å². The van der Waals surface area contributed by atoms with Gasteiger partial charge in [-0.3, -0.25) is 9.59 Å². The number of nitrogens with two attached hydrogens (primary N) is 1. The lowest BCUT2D eigenvalue weighted by atomic mass is 9.80. The average Bonchev–Trinajstić information content (AvgIpc) is 2.35. The molecule has 2 amide bonds. The van der Waals surface area contributed by atoms with E-state index in [1.54, 1.807) is 4.90 Å². The Morgan fingerprint density at radius 2 is 2.05 bits per heavy atom. The van der Waals surface area contributed by atoms with Crippen LogP contribution in [-0.2, 0) is 9.59 Å². The molecule has 1 heterocycles. The van der Waals surface area contributed by atoms with Gasteiger partial charge < -0.3 is 16.0 Å². The summed E-state index contributed by atoms with van der Waals surface area (Å²) in [6.45, 7) is 10.2. The van der Waals surface area contributed by atoms with Crippen LogP contribution < -0.4 is 11.1 Å². The van der Waals surface area contributed by atoms with Crippen LogP contribution >= 0.6 is 0 Å². The van der Waals surface area contributed by atoms with Gasteiger partial charge in [-0.2, -0.15) is 0 Å². The molecule has 2 unspecified atom stereocenters. The lowest BCUT2D eigenvalue weighted by Crippen LogP contribution is -2.52. The Morgan fingerprint density at radius 3 is 2.50 bits per heavy atom. The molecular weight excluding hydrogens is 254 g/mol. The lowest BCUT2D eigenvalue weighted by molar-refractivity contribution is -0.139. The third-order valence-electron chi connectivity index (χ3n) is 4.32. The van der Waals surface area contributed by atoms with E-state index in [1.165, 1.54) is 0 Å². The zero-order chi connectivity index (χ0) is 15.3. The second kappa shape index (κ2) is 7.07. The molecule has 1 aliphatic heterocycles. The normalized spacial score (nSPS) is 21.3. The number of amides is 2. The smallest absolute Gasteiger partial charge is 0.237 e. The van der Waals surface area contributed by atoms with E-state index in [2.05, 4.69) is 33.0 Å². The predicted molar refractivity (Wildman–Crippen MR) is 80.0 cm³/mol. The first-order valence-electron chi connectivity index (χ1n) is 7.50. The van der Waals surface area contributed by atoms with Crippen molar-refractivity contribution in [3.8, 4) is 0 Å². The van der Waals surface area contributed by atoms with Crippen molar-refractivity contribution in [1.29, 1.82) is 0 Å². The molecule has 20 heavy (non-hydrogen) atoms. The summed E-state index contributed by atoms with van der Waals surface area (Å²) >= 11 is 0. The van der Waals surface area contributed by atoms with E-state index in [4.69, 9.17) is 5.73 Å². The number of nitrogens with one attached hydrogen (secondary N) is 1. The maximum absolute atomic E-state index is 12.5. The summed E-state index contributed by atoms with van der Waals surface area (Å²) in [5, 5.41) is 3.28. The van der Waals surface area contributed by atoms with Crippen LogP contribution in [0.25, 0.3) is 0 Å². The zero-order valence-corrected chi connectivity index (χ0v) is 13.2. The third-order valence-corrected chi connectivity index (χ3v) is 4.32. The topological polar surface area (TPSA) is 75.4 Å². The maximum atomic E-state index is 12.5. The molecule has 1 fully saturated rings. The first-order chi connectivity index (χ1) is 9.21. The van der Waals surface area contributed by atoms with Crippen molar-refractivity contribution < 1.29 is 9.59 Å². The second-order valence-corrected chi connectivity index (χ2v) is 6.96. The van der Waals surface area contributed by atoms with Crippen LogP contribution in [0.4, 0.5) is 0 Å². The van der Waals surface area contributed by atoms with E-state index in [9.17, 15) is 9.59 Å². The van der Waals surface area contributed by atoms with Gasteiger partial charge in [0.15, 0.2) is 0 Å². The number of piperidine rings is 1. The Balaban J connectivity index is 2.71. The molecule has 0 radical (unpaired) electrons. The van der Waals surface area contributed by atoms with E-state index < -0.39 is 5.91 Å². The van der Waals surface area contributed by atoms with Gasteiger partial charge in [-0.25, -0.2) is 0 Å². The SMILES string of the molecule is CC(CC(=O)N(CC(N)=O)C1CCCNC1)C(C)(C)C. The van der Waals surface area contributed by atoms with Crippen LogP contribution in [0, 0.1) is 11.3 Å². The molecule has 0 bridgehead atoms. The summed E-state index contributed by atoms with van der Waals surface area (Å²) in [4.78, 5) is 25.5. The molecule has 0 aromatic rings. The van der Waals surface area contributed by atoms with E-state index in [1.807, 2.05) is 0 Å². The van der Waals surface area contributed by atoms with Crippen LogP contribution in [0.5, 0.6) is 0 Å². The summed E-state index contributed by atoms with van der Waals surface area (Å²) in [5.41, 5.74) is 5.38. The first kappa shape index (κ1) is 17.0. The maximum Gasteiger partial charge on any atom is 0.237 e. The molecule has 0 aromatic heterocycles. The van der Waals surface area contributed by atoms with Gasteiger partial charge in [0.1, 0.15) is 0 Å². The van der Waals surface area contributed by atoms with Gasteiger partial charge in [-0.05, 0) is 30.7 Å². The highest BCUT2D eigenvalue weighted by Gasteiger charge is 2.30. The standard InChI is InChI=1S/C15H29N3O2/c1-11(15(2,3)4)8-14(20)18(10-13(16)19)12-6-5-7-17-9-12/h11-12,17H,5-10H2,1-4H3,(H2,16,19). The summed E-state index contributed by atoms with van der Waals surface area (Å²) in [7, 11) is 0. The van der Waals surface area contributed by atoms with E-state index >= 15 is 0 Å². The van der Waals surface area contributed by atoms with Gasteiger partial charge in [-0.1, -0.05) is 27.7 Å². The van der Waals surface area contributed by atoms with Gasteiger partial charge in [0.05, 0.1) is 6.54 Å². The number of rotatable bonds is 5. The molecule has 2 atom stereocenters. The monoisotopic (exact) mass is 283 g/mol. The molecule has 3 N–H and O–H groups in total. The van der Waals surface area contributed by atoms with Crippen LogP contribution in [0.1, 0.15) is 47.0 Å². The Bertz CT molecular complexity index is 344. The minimum atomic E-state index is -0.438. The Hall–Kier alpha value is -1.10. The zero-order valence-electron chi connectivity index (χ0n) is 13.2. The number of hydrogen-bond donors (Lipinski definition) is 2. The van der Waals surface area contributed by atoms with E-state index in [-0.39, 0.29) is 29.8 Å². The first-order valence-corrected chi connectivity index (χ1v) is 7.50. The highest BCUT2D eigenvalue weighted by atomic mass is 16.2. The number of primary amides is 1. The Kier molecular flexibility index (Phi) is 5.99. The Morgan fingerprint density at radius 1 is 1.40 bits per heavy atom. The van der Waals surface area contributed by atoms with Crippen LogP contribution in [0.3, 0.4) is 0 Å². The second-order valence-electron chi connectivity index (χ2n) is 6.96. The summed E-state index contributed by atoms with van der Waals surface area (Å²) in [6.07, 6.45) is 2.44. The van der Waals surface area contributed by atoms with Crippen molar-refractivity contribution in [1.82, 2.24) is 10.2 Å². The molecule has 1 rings (SSSR count). The van der Waals surface area contributed by atoms with Crippen LogP contribution in [-0.4, -0.2) is 42.4 Å². The summed E-state index contributed by atoms with van der Waals surface area (Å²) in [6, 6.07) is 0.0934. The summed E-state index contributed by atoms with van der Waals surface area (Å²) < 4.78 is 0. The number of carbonyl (C=O) groups excluding carboxylic acids is 2. The van der Waals surface area contributed by atoms with Gasteiger partial charge in [-0.15, -0.1) is 0 Å². The quantitative estimate of drug-likeness (QED) is 0.794. The number of carbonyl (C=O) groups is 2. The molecule has 5 heteroatoms. The van der Waals surface area contributed by atoms with Gasteiger partial charge in [0.2, 0.25) is 11.8 Å². The van der Waals surface area contributed by atoms with Gasteiger partial charge in [0, 0.05) is 19.0 Å². The third kappa shape index (κ3) is 5.12. The predicted octanol–water partition coefficient (Wildman–Crippen LogP) is 1.12. The van der Waals surface area contributed by atoms with E-state index in [0.29, 0.717) is 6.42 Å². The van der Waals surface area contributed by atoms with Crippen molar-refractivity contribution in [2.24, 2.45) is 17.1 Å².